The number of carbonyl (C=O) groups is 1. The molecule has 0 heterocycles. The van der Waals surface area contributed by atoms with Gasteiger partial charge in [-0.25, -0.2) is 0 Å². The Kier molecular flexibility index (Phi) is 4.27. The summed E-state index contributed by atoms with van der Waals surface area (Å²) in [5.41, 5.74) is 1.16. The highest BCUT2D eigenvalue weighted by molar-refractivity contribution is 9.10. The summed E-state index contributed by atoms with van der Waals surface area (Å²) in [6.07, 6.45) is 0. The molecular weight excluding hydrogens is 337 g/mol. The number of amides is 1. The highest BCUT2D eigenvalue weighted by Crippen LogP contribution is 2.26. The Bertz CT molecular complexity index is 601. The quantitative estimate of drug-likeness (QED) is 0.815. The first-order chi connectivity index (χ1) is 8.56. The van der Waals surface area contributed by atoms with Gasteiger partial charge in [0.2, 0.25) is 0 Å². The average Bonchev–Trinajstić information content (AvgIpc) is 2.32. The molecule has 1 amide bonds. The van der Waals surface area contributed by atoms with Crippen LogP contribution in [0.4, 0.5) is 5.69 Å². The topological polar surface area (TPSA) is 29.1 Å². The van der Waals surface area contributed by atoms with E-state index in [0.29, 0.717) is 21.3 Å². The van der Waals surface area contributed by atoms with Crippen molar-refractivity contribution in [2.24, 2.45) is 0 Å². The molecule has 0 aliphatic heterocycles. The Morgan fingerprint density at radius 3 is 2.44 bits per heavy atom. The second-order valence-electron chi connectivity index (χ2n) is 3.59. The van der Waals surface area contributed by atoms with Crippen molar-refractivity contribution in [3.05, 3.63) is 62.5 Å². The minimum atomic E-state index is -0.222. The first-order valence-electron chi connectivity index (χ1n) is 5.08. The smallest absolute Gasteiger partial charge is 0.255 e. The molecule has 0 saturated carbocycles. The number of halogens is 3. The molecule has 2 nitrogen and oxygen atoms in total. The molecule has 2 aromatic carbocycles. The van der Waals surface area contributed by atoms with Crippen LogP contribution >= 0.6 is 39.1 Å². The van der Waals surface area contributed by atoms with Crippen molar-refractivity contribution in [3.8, 4) is 0 Å². The Labute approximate surface area is 123 Å². The molecule has 0 aromatic heterocycles. The lowest BCUT2D eigenvalue weighted by atomic mass is 10.2. The number of benzene rings is 2. The molecule has 18 heavy (non-hydrogen) atoms. The van der Waals surface area contributed by atoms with Crippen LogP contribution in [0.5, 0.6) is 0 Å². The van der Waals surface area contributed by atoms with Crippen LogP contribution in [0.3, 0.4) is 0 Å². The maximum atomic E-state index is 12.0. The summed E-state index contributed by atoms with van der Waals surface area (Å²) in [7, 11) is 0. The third kappa shape index (κ3) is 3.25. The molecule has 0 saturated heterocycles. The Morgan fingerprint density at radius 1 is 1.06 bits per heavy atom. The van der Waals surface area contributed by atoms with Gasteiger partial charge in [-0.05, 0) is 52.3 Å². The van der Waals surface area contributed by atoms with Gasteiger partial charge in [0.1, 0.15) is 0 Å². The summed E-state index contributed by atoms with van der Waals surface area (Å²) >= 11 is 15.0. The fraction of sp³-hybridized carbons (Fsp3) is 0. The van der Waals surface area contributed by atoms with Gasteiger partial charge in [0.15, 0.2) is 0 Å². The highest BCUT2D eigenvalue weighted by atomic mass is 79.9. The van der Waals surface area contributed by atoms with Crippen molar-refractivity contribution in [1.82, 2.24) is 0 Å². The lowest BCUT2D eigenvalue weighted by Gasteiger charge is -2.07. The minimum Gasteiger partial charge on any atom is -0.321 e. The van der Waals surface area contributed by atoms with Crippen LogP contribution in [-0.2, 0) is 0 Å². The average molecular weight is 345 g/mol. The van der Waals surface area contributed by atoms with Gasteiger partial charge in [0.25, 0.3) is 5.91 Å². The highest BCUT2D eigenvalue weighted by Gasteiger charge is 2.08. The van der Waals surface area contributed by atoms with Crippen LogP contribution in [0, 0.1) is 0 Å². The summed E-state index contributed by atoms with van der Waals surface area (Å²) in [6, 6.07) is 11.9. The first-order valence-corrected chi connectivity index (χ1v) is 6.63. The van der Waals surface area contributed by atoms with Gasteiger partial charge in [-0.2, -0.15) is 0 Å². The predicted octanol–water partition coefficient (Wildman–Crippen LogP) is 5.01. The van der Waals surface area contributed by atoms with E-state index >= 15 is 0 Å². The normalized spacial score (nSPS) is 10.2. The number of anilines is 1. The molecule has 0 unspecified atom stereocenters. The van der Waals surface area contributed by atoms with Crippen LogP contribution in [0.15, 0.2) is 46.9 Å². The largest absolute Gasteiger partial charge is 0.321 e. The number of rotatable bonds is 2. The molecule has 5 heteroatoms. The van der Waals surface area contributed by atoms with Crippen molar-refractivity contribution in [3.63, 3.8) is 0 Å². The first kappa shape index (κ1) is 13.4. The molecule has 2 aromatic rings. The summed E-state index contributed by atoms with van der Waals surface area (Å²) in [4.78, 5) is 12.0. The lowest BCUT2D eigenvalue weighted by molar-refractivity contribution is 0.102. The van der Waals surface area contributed by atoms with Crippen LogP contribution in [0.25, 0.3) is 0 Å². The van der Waals surface area contributed by atoms with Gasteiger partial charge in [-0.1, -0.05) is 29.3 Å². The van der Waals surface area contributed by atoms with Crippen LogP contribution in [0.2, 0.25) is 10.0 Å². The van der Waals surface area contributed by atoms with E-state index in [2.05, 4.69) is 21.2 Å². The molecular formula is C13H8BrCl2NO. The van der Waals surface area contributed by atoms with E-state index < -0.39 is 0 Å². The monoisotopic (exact) mass is 343 g/mol. The van der Waals surface area contributed by atoms with E-state index in [4.69, 9.17) is 23.2 Å². The van der Waals surface area contributed by atoms with Gasteiger partial charge in [-0.15, -0.1) is 0 Å². The van der Waals surface area contributed by atoms with E-state index in [1.807, 2.05) is 0 Å². The summed E-state index contributed by atoms with van der Waals surface area (Å²) in [5.74, 6) is -0.222. The zero-order valence-electron chi connectivity index (χ0n) is 9.08. The molecule has 0 aliphatic carbocycles. The molecule has 0 bridgehead atoms. The molecule has 0 radical (unpaired) electrons. The van der Waals surface area contributed by atoms with Gasteiger partial charge < -0.3 is 5.32 Å². The van der Waals surface area contributed by atoms with E-state index in [1.165, 1.54) is 0 Å². The van der Waals surface area contributed by atoms with Crippen molar-refractivity contribution in [2.75, 3.05) is 5.32 Å². The molecule has 92 valence electrons. The molecule has 0 aliphatic rings. The second-order valence-corrected chi connectivity index (χ2v) is 5.32. The van der Waals surface area contributed by atoms with Crippen molar-refractivity contribution < 1.29 is 4.79 Å². The van der Waals surface area contributed by atoms with E-state index in [-0.39, 0.29) is 5.91 Å². The maximum absolute atomic E-state index is 12.0. The van der Waals surface area contributed by atoms with Gasteiger partial charge >= 0.3 is 0 Å². The third-order valence-corrected chi connectivity index (χ3v) is 3.39. The van der Waals surface area contributed by atoms with Crippen molar-refractivity contribution >= 4 is 50.7 Å². The fourth-order valence-corrected chi connectivity index (χ4v) is 2.39. The lowest BCUT2D eigenvalue weighted by Crippen LogP contribution is -2.12. The molecule has 1 N–H and O–H groups in total. The maximum Gasteiger partial charge on any atom is 0.255 e. The van der Waals surface area contributed by atoms with Crippen LogP contribution in [0.1, 0.15) is 10.4 Å². The summed E-state index contributed by atoms with van der Waals surface area (Å²) < 4.78 is 0.727. The summed E-state index contributed by atoms with van der Waals surface area (Å²) in [5, 5.41) is 3.90. The number of carbonyl (C=O) groups excluding carboxylic acids is 1. The van der Waals surface area contributed by atoms with Crippen LogP contribution in [-0.4, -0.2) is 5.91 Å². The predicted molar refractivity (Wildman–Crippen MR) is 78.6 cm³/mol. The number of hydrogen-bond acceptors (Lipinski definition) is 1. The van der Waals surface area contributed by atoms with Crippen molar-refractivity contribution in [2.45, 2.75) is 0 Å². The summed E-state index contributed by atoms with van der Waals surface area (Å²) in [6.45, 7) is 0. The fourth-order valence-electron chi connectivity index (χ4n) is 1.42. The van der Waals surface area contributed by atoms with E-state index in [0.717, 1.165) is 4.47 Å². The SMILES string of the molecule is O=C(Nc1ccc(Cl)cc1Br)c1cccc(Cl)c1. The van der Waals surface area contributed by atoms with E-state index in [9.17, 15) is 4.79 Å². The Hall–Kier alpha value is -1.03. The van der Waals surface area contributed by atoms with Crippen LogP contribution < -0.4 is 5.32 Å². The molecule has 0 spiro atoms. The molecule has 2 rings (SSSR count). The third-order valence-electron chi connectivity index (χ3n) is 2.27. The van der Waals surface area contributed by atoms with Gasteiger partial charge in [0.05, 0.1) is 5.69 Å². The van der Waals surface area contributed by atoms with Gasteiger partial charge in [0, 0.05) is 20.1 Å². The second kappa shape index (κ2) is 5.74. The number of hydrogen-bond donors (Lipinski definition) is 1. The standard InChI is InChI=1S/C13H8BrCl2NO/c14-11-7-10(16)4-5-12(11)17-13(18)8-2-1-3-9(15)6-8/h1-7H,(H,17,18). The molecule has 0 atom stereocenters. The van der Waals surface area contributed by atoms with E-state index in [1.54, 1.807) is 42.5 Å². The van der Waals surface area contributed by atoms with Gasteiger partial charge in [-0.3, -0.25) is 4.79 Å². The Balaban J connectivity index is 2.21. The Morgan fingerprint density at radius 2 is 1.78 bits per heavy atom. The zero-order chi connectivity index (χ0) is 13.1. The zero-order valence-corrected chi connectivity index (χ0v) is 12.2. The number of nitrogens with one attached hydrogen (secondary N) is 1. The minimum absolute atomic E-state index is 0.222. The van der Waals surface area contributed by atoms with Crippen molar-refractivity contribution in [1.29, 1.82) is 0 Å². The molecule has 0 fully saturated rings.